The van der Waals surface area contributed by atoms with Crippen LogP contribution >= 0.6 is 11.3 Å². The molecule has 1 aliphatic rings. The molecule has 4 rings (SSSR count). The maximum absolute atomic E-state index is 13.0. The van der Waals surface area contributed by atoms with E-state index in [1.54, 1.807) is 11.3 Å². The molecular weight excluding hydrogens is 433 g/mol. The standard InChI is InChI=1S/C18H20N4OS.C2HF3O2/c1-20(2)10-15-12-21(11-14-7-8-19-22(14)15)18(23)17-9-13-5-3-4-6-16(13)24-17;3-2(4,5)1(6)7/h3-9,15H,10-12H2,1-2H3;(H,6,7). The predicted molar refractivity (Wildman–Crippen MR) is 110 cm³/mol. The van der Waals surface area contributed by atoms with Crippen molar-refractivity contribution in [3.63, 3.8) is 0 Å². The molecule has 1 unspecified atom stereocenters. The number of likely N-dealkylation sites (N-methyl/N-ethyl adjacent to an activating group) is 1. The van der Waals surface area contributed by atoms with Gasteiger partial charge in [-0.3, -0.25) is 9.48 Å². The maximum atomic E-state index is 13.0. The van der Waals surface area contributed by atoms with Crippen LogP contribution in [0.4, 0.5) is 13.2 Å². The van der Waals surface area contributed by atoms with Crippen LogP contribution in [-0.4, -0.2) is 69.9 Å². The van der Waals surface area contributed by atoms with Crippen LogP contribution in [0.3, 0.4) is 0 Å². The van der Waals surface area contributed by atoms with Gasteiger partial charge in [-0.05, 0) is 37.7 Å². The number of aromatic nitrogens is 2. The van der Waals surface area contributed by atoms with E-state index in [0.29, 0.717) is 13.1 Å². The van der Waals surface area contributed by atoms with Crippen molar-refractivity contribution in [2.75, 3.05) is 27.2 Å². The highest BCUT2D eigenvalue weighted by Gasteiger charge is 2.38. The lowest BCUT2D eigenvalue weighted by Crippen LogP contribution is -2.44. The summed E-state index contributed by atoms with van der Waals surface area (Å²) in [7, 11) is 4.10. The highest BCUT2D eigenvalue weighted by atomic mass is 32.1. The van der Waals surface area contributed by atoms with E-state index in [4.69, 9.17) is 9.90 Å². The van der Waals surface area contributed by atoms with Gasteiger partial charge in [0.15, 0.2) is 0 Å². The van der Waals surface area contributed by atoms with E-state index in [-0.39, 0.29) is 11.9 Å². The number of thiophene rings is 1. The van der Waals surface area contributed by atoms with E-state index in [9.17, 15) is 18.0 Å². The minimum Gasteiger partial charge on any atom is -0.475 e. The summed E-state index contributed by atoms with van der Waals surface area (Å²) >= 11 is 1.57. The van der Waals surface area contributed by atoms with Crippen LogP contribution < -0.4 is 0 Å². The first kappa shape index (κ1) is 22.8. The first-order chi connectivity index (χ1) is 14.6. The van der Waals surface area contributed by atoms with Crippen LogP contribution in [0.1, 0.15) is 21.4 Å². The molecular formula is C20H21F3N4O3S. The predicted octanol–water partition coefficient (Wildman–Crippen LogP) is 3.49. The molecule has 1 atom stereocenters. The van der Waals surface area contributed by atoms with E-state index in [0.717, 1.165) is 27.2 Å². The number of alkyl halides is 3. The molecule has 31 heavy (non-hydrogen) atoms. The fourth-order valence-corrected chi connectivity index (χ4v) is 4.37. The van der Waals surface area contributed by atoms with Crippen LogP contribution in [0.15, 0.2) is 42.6 Å². The molecule has 11 heteroatoms. The molecule has 0 spiro atoms. The molecule has 1 N–H and O–H groups in total. The smallest absolute Gasteiger partial charge is 0.475 e. The molecule has 1 aliphatic heterocycles. The van der Waals surface area contributed by atoms with E-state index in [2.05, 4.69) is 40.9 Å². The lowest BCUT2D eigenvalue weighted by Gasteiger charge is -2.35. The van der Waals surface area contributed by atoms with Crippen molar-refractivity contribution >= 4 is 33.3 Å². The highest BCUT2D eigenvalue weighted by Crippen LogP contribution is 2.29. The molecule has 3 heterocycles. The molecule has 0 bridgehead atoms. The number of carboxylic acid groups (broad SMARTS) is 1. The molecule has 0 aliphatic carbocycles. The second-order valence-electron chi connectivity index (χ2n) is 7.32. The van der Waals surface area contributed by atoms with E-state index in [1.165, 1.54) is 0 Å². The number of halogens is 3. The molecule has 1 amide bonds. The van der Waals surface area contributed by atoms with Gasteiger partial charge in [-0.25, -0.2) is 4.79 Å². The third-order valence-electron chi connectivity index (χ3n) is 4.62. The van der Waals surface area contributed by atoms with Gasteiger partial charge in [0.2, 0.25) is 0 Å². The number of hydrogen-bond donors (Lipinski definition) is 1. The quantitative estimate of drug-likeness (QED) is 0.656. The van der Waals surface area contributed by atoms with Crippen molar-refractivity contribution in [2.24, 2.45) is 0 Å². The van der Waals surface area contributed by atoms with Gasteiger partial charge in [-0.15, -0.1) is 11.3 Å². The number of carbonyl (C=O) groups excluding carboxylic acids is 1. The summed E-state index contributed by atoms with van der Waals surface area (Å²) in [5, 5.41) is 12.7. The van der Waals surface area contributed by atoms with E-state index < -0.39 is 12.1 Å². The summed E-state index contributed by atoms with van der Waals surface area (Å²) < 4.78 is 35.0. The number of carbonyl (C=O) groups is 2. The number of nitrogens with zero attached hydrogens (tertiary/aromatic N) is 4. The third-order valence-corrected chi connectivity index (χ3v) is 5.73. The van der Waals surface area contributed by atoms with Crippen LogP contribution in [0.2, 0.25) is 0 Å². The number of hydrogen-bond acceptors (Lipinski definition) is 5. The first-order valence-electron chi connectivity index (χ1n) is 9.31. The zero-order chi connectivity index (χ0) is 22.8. The second kappa shape index (κ2) is 9.06. The van der Waals surface area contributed by atoms with Crippen molar-refractivity contribution in [3.8, 4) is 0 Å². The number of fused-ring (bicyclic) bond motifs is 2. The van der Waals surface area contributed by atoms with Gasteiger partial charge >= 0.3 is 12.1 Å². The minimum absolute atomic E-state index is 0.118. The van der Waals surface area contributed by atoms with E-state index >= 15 is 0 Å². The normalized spacial score (nSPS) is 16.1. The van der Waals surface area contributed by atoms with Crippen molar-refractivity contribution in [1.82, 2.24) is 19.6 Å². The lowest BCUT2D eigenvalue weighted by molar-refractivity contribution is -0.192. The SMILES string of the molecule is CN(C)CC1CN(C(=O)c2cc3ccccc3s2)Cc2ccnn21.O=C(O)C(F)(F)F. The Bertz CT molecular complexity index is 1040. The Labute approximate surface area is 180 Å². The van der Waals surface area contributed by atoms with Crippen LogP contribution in [0, 0.1) is 0 Å². The number of aliphatic carboxylic acids is 1. The zero-order valence-electron chi connectivity index (χ0n) is 16.8. The lowest BCUT2D eigenvalue weighted by atomic mass is 10.1. The minimum atomic E-state index is -5.08. The molecule has 0 fully saturated rings. The molecule has 3 aromatic rings. The Hall–Kier alpha value is -2.92. The Balaban J connectivity index is 0.000000339. The van der Waals surface area contributed by atoms with Crippen LogP contribution in [-0.2, 0) is 11.3 Å². The molecule has 166 valence electrons. The summed E-state index contributed by atoms with van der Waals surface area (Å²) in [6.07, 6.45) is -3.26. The monoisotopic (exact) mass is 454 g/mol. The van der Waals surface area contributed by atoms with Gasteiger partial charge in [0.1, 0.15) is 0 Å². The van der Waals surface area contributed by atoms with Crippen molar-refractivity contribution < 1.29 is 27.9 Å². The Morgan fingerprint density at radius 1 is 1.26 bits per heavy atom. The average Bonchev–Trinajstić information content (AvgIpc) is 3.33. The summed E-state index contributed by atoms with van der Waals surface area (Å²) in [5.74, 6) is -2.64. The Morgan fingerprint density at radius 3 is 2.55 bits per heavy atom. The van der Waals surface area contributed by atoms with Crippen molar-refractivity contribution in [3.05, 3.63) is 53.2 Å². The Morgan fingerprint density at radius 2 is 1.94 bits per heavy atom. The van der Waals surface area contributed by atoms with Gasteiger partial charge in [0, 0.05) is 24.0 Å². The molecule has 7 nitrogen and oxygen atoms in total. The van der Waals surface area contributed by atoms with Gasteiger partial charge in [-0.2, -0.15) is 18.3 Å². The summed E-state index contributed by atoms with van der Waals surface area (Å²) in [6.45, 7) is 2.18. The second-order valence-corrected chi connectivity index (χ2v) is 8.40. The molecule has 0 radical (unpaired) electrons. The number of benzene rings is 1. The van der Waals surface area contributed by atoms with Crippen molar-refractivity contribution in [1.29, 1.82) is 0 Å². The van der Waals surface area contributed by atoms with Crippen LogP contribution in [0.5, 0.6) is 0 Å². The number of carboxylic acids is 1. The summed E-state index contributed by atoms with van der Waals surface area (Å²) in [5.41, 5.74) is 1.10. The topological polar surface area (TPSA) is 78.7 Å². The third kappa shape index (κ3) is 5.42. The van der Waals surface area contributed by atoms with Gasteiger partial charge < -0.3 is 14.9 Å². The summed E-state index contributed by atoms with van der Waals surface area (Å²) in [6, 6.07) is 12.4. The van der Waals surface area contributed by atoms with Gasteiger partial charge in [0.05, 0.1) is 23.2 Å². The molecule has 0 saturated carbocycles. The largest absolute Gasteiger partial charge is 0.490 e. The maximum Gasteiger partial charge on any atom is 0.490 e. The molecule has 0 saturated heterocycles. The first-order valence-corrected chi connectivity index (χ1v) is 10.1. The van der Waals surface area contributed by atoms with Gasteiger partial charge in [0.25, 0.3) is 5.91 Å². The van der Waals surface area contributed by atoms with E-state index in [1.807, 2.05) is 35.4 Å². The zero-order valence-corrected chi connectivity index (χ0v) is 17.7. The fourth-order valence-electron chi connectivity index (χ4n) is 3.34. The molecule has 2 aromatic heterocycles. The highest BCUT2D eigenvalue weighted by molar-refractivity contribution is 7.20. The van der Waals surface area contributed by atoms with Crippen molar-refractivity contribution in [2.45, 2.75) is 18.8 Å². The number of rotatable bonds is 3. The Kier molecular flexibility index (Phi) is 6.65. The van der Waals surface area contributed by atoms with Crippen LogP contribution in [0.25, 0.3) is 10.1 Å². The molecule has 1 aromatic carbocycles. The fraction of sp³-hybridized carbons (Fsp3) is 0.350. The van der Waals surface area contributed by atoms with Gasteiger partial charge in [-0.1, -0.05) is 18.2 Å². The number of amides is 1. The average molecular weight is 454 g/mol. The summed E-state index contributed by atoms with van der Waals surface area (Å²) in [4.78, 5) is 26.8.